The lowest BCUT2D eigenvalue weighted by Gasteiger charge is -2.22. The molecule has 0 aromatic heterocycles. The van der Waals surface area contributed by atoms with Crippen molar-refractivity contribution in [3.05, 3.63) is 36.8 Å². The van der Waals surface area contributed by atoms with Gasteiger partial charge < -0.3 is 5.32 Å². The van der Waals surface area contributed by atoms with Crippen molar-refractivity contribution in [2.45, 2.75) is 18.5 Å². The SMILES string of the molecule is [CH2]CC(=O)Nc1ccccc1C(F)(F)C(F)(F)F. The van der Waals surface area contributed by atoms with Crippen molar-refractivity contribution >= 4 is 11.6 Å². The zero-order valence-corrected chi connectivity index (χ0v) is 9.02. The Labute approximate surface area is 99.8 Å². The van der Waals surface area contributed by atoms with Gasteiger partial charge in [-0.15, -0.1) is 0 Å². The number of anilines is 1. The Morgan fingerprint density at radius 2 is 1.72 bits per heavy atom. The molecule has 0 saturated heterocycles. The van der Waals surface area contributed by atoms with Gasteiger partial charge in [-0.2, -0.15) is 22.0 Å². The molecule has 99 valence electrons. The van der Waals surface area contributed by atoms with Crippen molar-refractivity contribution in [2.24, 2.45) is 0 Å². The van der Waals surface area contributed by atoms with Gasteiger partial charge in [-0.25, -0.2) is 0 Å². The summed E-state index contributed by atoms with van der Waals surface area (Å²) in [5.74, 6) is -5.78. The first-order chi connectivity index (χ1) is 8.20. The van der Waals surface area contributed by atoms with Crippen molar-refractivity contribution < 1.29 is 26.7 Å². The van der Waals surface area contributed by atoms with Gasteiger partial charge in [-0.05, 0) is 13.0 Å². The second-order valence-corrected chi connectivity index (χ2v) is 3.42. The summed E-state index contributed by atoms with van der Waals surface area (Å²) in [5.41, 5.74) is -1.87. The van der Waals surface area contributed by atoms with E-state index in [1.54, 1.807) is 0 Å². The van der Waals surface area contributed by atoms with Crippen molar-refractivity contribution in [1.82, 2.24) is 0 Å². The number of nitrogens with one attached hydrogen (secondary N) is 1. The minimum atomic E-state index is -5.72. The number of hydrogen-bond acceptors (Lipinski definition) is 1. The van der Waals surface area contributed by atoms with Gasteiger partial charge in [0.2, 0.25) is 5.91 Å². The zero-order chi connectivity index (χ0) is 14.0. The molecule has 7 heteroatoms. The van der Waals surface area contributed by atoms with Gasteiger partial charge in [0.05, 0.1) is 11.3 Å². The maximum Gasteiger partial charge on any atom is 0.458 e. The maximum atomic E-state index is 13.2. The fraction of sp³-hybridized carbons (Fsp3) is 0.273. The minimum Gasteiger partial charge on any atom is -0.326 e. The number of carbonyl (C=O) groups is 1. The van der Waals surface area contributed by atoms with Crippen LogP contribution in [0.3, 0.4) is 0 Å². The predicted octanol–water partition coefficient (Wildman–Crippen LogP) is 3.50. The van der Waals surface area contributed by atoms with Gasteiger partial charge in [0.15, 0.2) is 0 Å². The summed E-state index contributed by atoms with van der Waals surface area (Å²) in [7, 11) is 0. The molecule has 1 aromatic rings. The molecule has 0 aliphatic carbocycles. The lowest BCUT2D eigenvalue weighted by molar-refractivity contribution is -0.289. The first-order valence-corrected chi connectivity index (χ1v) is 4.83. The van der Waals surface area contributed by atoms with E-state index in [-0.39, 0.29) is 6.42 Å². The number of amides is 1. The third-order valence-corrected chi connectivity index (χ3v) is 2.12. The number of hydrogen-bond donors (Lipinski definition) is 1. The summed E-state index contributed by atoms with van der Waals surface area (Å²) in [6.45, 7) is 3.20. The molecule has 1 aromatic carbocycles. The van der Waals surface area contributed by atoms with Crippen molar-refractivity contribution in [3.63, 3.8) is 0 Å². The highest BCUT2D eigenvalue weighted by Gasteiger charge is 2.59. The number of alkyl halides is 5. The highest BCUT2D eigenvalue weighted by atomic mass is 19.4. The molecular weight excluding hydrogens is 257 g/mol. The Balaban J connectivity index is 3.21. The van der Waals surface area contributed by atoms with Gasteiger partial charge in [-0.1, -0.05) is 18.2 Å². The van der Waals surface area contributed by atoms with Gasteiger partial charge >= 0.3 is 12.1 Å². The van der Waals surface area contributed by atoms with E-state index in [0.717, 1.165) is 12.1 Å². The van der Waals surface area contributed by atoms with E-state index in [0.29, 0.717) is 6.07 Å². The molecule has 1 N–H and O–H groups in total. The van der Waals surface area contributed by atoms with E-state index in [2.05, 4.69) is 6.92 Å². The molecule has 1 amide bonds. The van der Waals surface area contributed by atoms with E-state index < -0.39 is 29.3 Å². The number of halogens is 5. The average molecular weight is 266 g/mol. The van der Waals surface area contributed by atoms with Crippen LogP contribution in [0.1, 0.15) is 12.0 Å². The lowest BCUT2D eigenvalue weighted by Crippen LogP contribution is -2.34. The molecule has 0 aliphatic heterocycles. The largest absolute Gasteiger partial charge is 0.458 e. The van der Waals surface area contributed by atoms with Crippen LogP contribution in [0.4, 0.5) is 27.6 Å². The fourth-order valence-electron chi connectivity index (χ4n) is 1.23. The van der Waals surface area contributed by atoms with Crippen LogP contribution < -0.4 is 5.32 Å². The van der Waals surface area contributed by atoms with Crippen LogP contribution in [0.2, 0.25) is 0 Å². The summed E-state index contributed by atoms with van der Waals surface area (Å²) < 4.78 is 63.1. The van der Waals surface area contributed by atoms with Crippen LogP contribution >= 0.6 is 0 Å². The smallest absolute Gasteiger partial charge is 0.326 e. The van der Waals surface area contributed by atoms with Crippen molar-refractivity contribution in [2.75, 3.05) is 5.32 Å². The van der Waals surface area contributed by atoms with E-state index in [9.17, 15) is 26.7 Å². The molecule has 2 nitrogen and oxygen atoms in total. The monoisotopic (exact) mass is 266 g/mol. The molecule has 1 radical (unpaired) electrons. The molecule has 0 aliphatic rings. The van der Waals surface area contributed by atoms with Crippen LogP contribution in [0.25, 0.3) is 0 Å². The molecule has 0 unspecified atom stereocenters. The first kappa shape index (κ1) is 14.4. The molecule has 0 spiro atoms. The van der Waals surface area contributed by atoms with Crippen LogP contribution in [0, 0.1) is 6.92 Å². The Bertz CT molecular complexity index is 441. The van der Waals surface area contributed by atoms with Gasteiger partial charge in [0.1, 0.15) is 0 Å². The maximum absolute atomic E-state index is 13.2. The Morgan fingerprint density at radius 3 is 2.22 bits per heavy atom. The van der Waals surface area contributed by atoms with Crippen molar-refractivity contribution in [1.29, 1.82) is 0 Å². The molecule has 18 heavy (non-hydrogen) atoms. The third kappa shape index (κ3) is 2.77. The molecule has 0 atom stereocenters. The van der Waals surface area contributed by atoms with Gasteiger partial charge in [0, 0.05) is 6.42 Å². The predicted molar refractivity (Wildman–Crippen MR) is 55.0 cm³/mol. The summed E-state index contributed by atoms with van der Waals surface area (Å²) in [5, 5.41) is 1.96. The number of benzene rings is 1. The lowest BCUT2D eigenvalue weighted by atomic mass is 10.1. The number of rotatable bonds is 3. The molecule has 1 rings (SSSR count). The summed E-state index contributed by atoms with van der Waals surface area (Å²) >= 11 is 0. The van der Waals surface area contributed by atoms with E-state index in [1.165, 1.54) is 6.07 Å². The minimum absolute atomic E-state index is 0.272. The molecular formula is C11H9F5NO. The van der Waals surface area contributed by atoms with Crippen LogP contribution in [-0.2, 0) is 10.7 Å². The van der Waals surface area contributed by atoms with Crippen molar-refractivity contribution in [3.8, 4) is 0 Å². The zero-order valence-electron chi connectivity index (χ0n) is 9.02. The number of para-hydroxylation sites is 1. The summed E-state index contributed by atoms with van der Waals surface area (Å²) in [6.07, 6.45) is -6.00. The third-order valence-electron chi connectivity index (χ3n) is 2.12. The van der Waals surface area contributed by atoms with Crippen LogP contribution in [0.15, 0.2) is 24.3 Å². The highest BCUT2D eigenvalue weighted by molar-refractivity contribution is 5.91. The fourth-order valence-corrected chi connectivity index (χ4v) is 1.23. The van der Waals surface area contributed by atoms with Crippen LogP contribution in [0.5, 0.6) is 0 Å². The molecule has 0 fully saturated rings. The van der Waals surface area contributed by atoms with Gasteiger partial charge in [0.25, 0.3) is 0 Å². The second kappa shape index (κ2) is 4.91. The normalized spacial score (nSPS) is 12.3. The molecule has 0 saturated carbocycles. The Kier molecular flexibility index (Phi) is 3.93. The Morgan fingerprint density at radius 1 is 1.17 bits per heavy atom. The molecule has 0 heterocycles. The van der Waals surface area contributed by atoms with E-state index in [4.69, 9.17) is 0 Å². The standard InChI is InChI=1S/C11H9F5NO/c1-2-9(18)17-8-6-4-3-5-7(8)10(12,13)11(14,15)16/h3-6H,1-2H2,(H,17,18). The Hall–Kier alpha value is -1.66. The van der Waals surface area contributed by atoms with Crippen LogP contribution in [-0.4, -0.2) is 12.1 Å². The summed E-state index contributed by atoms with van der Waals surface area (Å²) in [6, 6.07) is 3.87. The molecule has 0 bridgehead atoms. The quantitative estimate of drug-likeness (QED) is 0.833. The van der Waals surface area contributed by atoms with E-state index >= 15 is 0 Å². The summed E-state index contributed by atoms with van der Waals surface area (Å²) in [4.78, 5) is 11.0. The number of carbonyl (C=O) groups excluding carboxylic acids is 1. The highest BCUT2D eigenvalue weighted by Crippen LogP contribution is 2.46. The van der Waals surface area contributed by atoms with Gasteiger partial charge in [-0.3, -0.25) is 4.79 Å². The average Bonchev–Trinajstić information content (AvgIpc) is 2.28. The van der Waals surface area contributed by atoms with E-state index in [1.807, 2.05) is 5.32 Å². The topological polar surface area (TPSA) is 29.1 Å². The second-order valence-electron chi connectivity index (χ2n) is 3.42. The first-order valence-electron chi connectivity index (χ1n) is 4.83.